The van der Waals surface area contributed by atoms with Gasteiger partial charge in [-0.25, -0.2) is 4.79 Å². The summed E-state index contributed by atoms with van der Waals surface area (Å²) in [5.41, 5.74) is 2.33. The quantitative estimate of drug-likeness (QED) is 0.494. The number of hydrogen-bond acceptors (Lipinski definition) is 4. The average Bonchev–Trinajstić information content (AvgIpc) is 2.64. The predicted molar refractivity (Wildman–Crippen MR) is 105 cm³/mol. The maximum Gasteiger partial charge on any atom is 0.349 e. The highest BCUT2D eigenvalue weighted by Crippen LogP contribution is 2.23. The highest BCUT2D eigenvalue weighted by atomic mass is 16.5. The van der Waals surface area contributed by atoms with Gasteiger partial charge >= 0.3 is 5.97 Å². The van der Waals surface area contributed by atoms with Crippen LogP contribution in [-0.2, 0) is 19.7 Å². The number of amides is 1. The summed E-state index contributed by atoms with van der Waals surface area (Å²) in [6.07, 6.45) is 1.42. The van der Waals surface area contributed by atoms with Crippen LogP contribution < -0.4 is 5.32 Å². The molecule has 0 radical (unpaired) electrons. The van der Waals surface area contributed by atoms with E-state index < -0.39 is 18.5 Å². The molecule has 0 aliphatic carbocycles. The van der Waals surface area contributed by atoms with Gasteiger partial charge in [0.25, 0.3) is 5.91 Å². The van der Waals surface area contributed by atoms with E-state index >= 15 is 0 Å². The first-order valence-corrected chi connectivity index (χ1v) is 8.54. The highest BCUT2D eigenvalue weighted by molar-refractivity contribution is 6.00. The second-order valence-electron chi connectivity index (χ2n) is 7.03. The SMILES string of the molecule is CC(C)(C)c1ccc(NC(=O)COC(=O)/C(C#N)=C\c2ccccc2)cc1. The van der Waals surface area contributed by atoms with Crippen LogP contribution in [-0.4, -0.2) is 18.5 Å². The first-order valence-electron chi connectivity index (χ1n) is 8.54. The first kappa shape index (κ1) is 19.9. The van der Waals surface area contributed by atoms with Crippen molar-refractivity contribution in [3.63, 3.8) is 0 Å². The molecule has 27 heavy (non-hydrogen) atoms. The molecular weight excluding hydrogens is 340 g/mol. The van der Waals surface area contributed by atoms with Crippen LogP contribution in [0.15, 0.2) is 60.2 Å². The molecule has 0 aromatic heterocycles. The first-order chi connectivity index (χ1) is 12.8. The van der Waals surface area contributed by atoms with Crippen LogP contribution in [0.1, 0.15) is 31.9 Å². The molecule has 5 nitrogen and oxygen atoms in total. The Morgan fingerprint density at radius 2 is 1.70 bits per heavy atom. The monoisotopic (exact) mass is 362 g/mol. The fraction of sp³-hybridized carbons (Fsp3) is 0.227. The number of nitriles is 1. The van der Waals surface area contributed by atoms with Crippen molar-refractivity contribution in [3.05, 3.63) is 71.3 Å². The van der Waals surface area contributed by atoms with Gasteiger partial charge in [0.05, 0.1) is 0 Å². The molecule has 0 fully saturated rings. The summed E-state index contributed by atoms with van der Waals surface area (Å²) in [4.78, 5) is 24.0. The molecule has 0 aliphatic heterocycles. The molecule has 0 saturated heterocycles. The van der Waals surface area contributed by atoms with Crippen molar-refractivity contribution >= 4 is 23.6 Å². The lowest BCUT2D eigenvalue weighted by Crippen LogP contribution is -2.21. The van der Waals surface area contributed by atoms with Gasteiger partial charge in [-0.05, 0) is 34.8 Å². The van der Waals surface area contributed by atoms with E-state index in [9.17, 15) is 9.59 Å². The molecule has 2 aromatic carbocycles. The van der Waals surface area contributed by atoms with Crippen LogP contribution in [0.25, 0.3) is 6.08 Å². The molecular formula is C22H22N2O3. The number of esters is 1. The maximum atomic E-state index is 12.0. The molecule has 2 aromatic rings. The van der Waals surface area contributed by atoms with Crippen LogP contribution in [0.2, 0.25) is 0 Å². The molecule has 138 valence electrons. The van der Waals surface area contributed by atoms with Gasteiger partial charge in [0.2, 0.25) is 0 Å². The van der Waals surface area contributed by atoms with Crippen molar-refractivity contribution in [2.75, 3.05) is 11.9 Å². The number of anilines is 1. The Labute approximate surface area is 159 Å². The zero-order chi connectivity index (χ0) is 19.9. The molecule has 0 aliphatic rings. The number of carbonyl (C=O) groups is 2. The van der Waals surface area contributed by atoms with E-state index in [0.29, 0.717) is 11.3 Å². The molecule has 0 spiro atoms. The molecule has 1 amide bonds. The standard InChI is InChI=1S/C22H22N2O3/c1-22(2,3)18-9-11-19(12-10-18)24-20(25)15-27-21(26)17(14-23)13-16-7-5-4-6-8-16/h4-13H,15H2,1-3H3,(H,24,25)/b17-13-. The summed E-state index contributed by atoms with van der Waals surface area (Å²) in [7, 11) is 0. The molecule has 0 saturated carbocycles. The predicted octanol–water partition coefficient (Wildman–Crippen LogP) is 4.07. The number of nitrogens with zero attached hydrogens (tertiary/aromatic N) is 1. The van der Waals surface area contributed by atoms with E-state index in [1.165, 1.54) is 6.08 Å². The highest BCUT2D eigenvalue weighted by Gasteiger charge is 2.15. The fourth-order valence-electron chi connectivity index (χ4n) is 2.31. The largest absolute Gasteiger partial charge is 0.451 e. The van der Waals surface area contributed by atoms with Gasteiger partial charge in [-0.1, -0.05) is 63.2 Å². The molecule has 5 heteroatoms. The second kappa shape index (κ2) is 8.81. The Balaban J connectivity index is 1.92. The van der Waals surface area contributed by atoms with Gasteiger partial charge in [0.1, 0.15) is 11.6 Å². The lowest BCUT2D eigenvalue weighted by molar-refractivity contribution is -0.142. The molecule has 2 rings (SSSR count). The van der Waals surface area contributed by atoms with Crippen molar-refractivity contribution in [2.45, 2.75) is 26.2 Å². The van der Waals surface area contributed by atoms with E-state index in [0.717, 1.165) is 5.56 Å². The number of carbonyl (C=O) groups excluding carboxylic acids is 2. The number of nitrogens with one attached hydrogen (secondary N) is 1. The molecule has 0 atom stereocenters. The number of rotatable bonds is 5. The zero-order valence-corrected chi connectivity index (χ0v) is 15.7. The average molecular weight is 362 g/mol. The lowest BCUT2D eigenvalue weighted by Gasteiger charge is -2.19. The lowest BCUT2D eigenvalue weighted by atomic mass is 9.87. The minimum Gasteiger partial charge on any atom is -0.451 e. The van der Waals surface area contributed by atoms with Gasteiger partial charge in [-0.15, -0.1) is 0 Å². The number of benzene rings is 2. The van der Waals surface area contributed by atoms with Crippen molar-refractivity contribution in [1.29, 1.82) is 5.26 Å². The molecule has 0 bridgehead atoms. The third-order valence-corrected chi connectivity index (χ3v) is 3.82. The number of hydrogen-bond donors (Lipinski definition) is 1. The summed E-state index contributed by atoms with van der Waals surface area (Å²) in [5.74, 6) is -1.30. The Kier molecular flexibility index (Phi) is 6.51. The molecule has 0 unspecified atom stereocenters. The smallest absolute Gasteiger partial charge is 0.349 e. The van der Waals surface area contributed by atoms with Crippen molar-refractivity contribution in [1.82, 2.24) is 0 Å². The van der Waals surface area contributed by atoms with Gasteiger partial charge in [0, 0.05) is 5.69 Å². The Hall–Kier alpha value is -3.39. The van der Waals surface area contributed by atoms with Crippen LogP contribution in [0.4, 0.5) is 5.69 Å². The number of ether oxygens (including phenoxy) is 1. The molecule has 1 N–H and O–H groups in total. The van der Waals surface area contributed by atoms with Crippen LogP contribution in [0.3, 0.4) is 0 Å². The van der Waals surface area contributed by atoms with Gasteiger partial charge < -0.3 is 10.1 Å². The van der Waals surface area contributed by atoms with E-state index in [1.807, 2.05) is 18.2 Å². The summed E-state index contributed by atoms with van der Waals surface area (Å²) >= 11 is 0. The molecule has 0 heterocycles. The Morgan fingerprint density at radius 3 is 2.26 bits per heavy atom. The van der Waals surface area contributed by atoms with E-state index in [2.05, 4.69) is 26.1 Å². The summed E-state index contributed by atoms with van der Waals surface area (Å²) < 4.78 is 4.94. The van der Waals surface area contributed by atoms with Crippen molar-refractivity contribution in [3.8, 4) is 6.07 Å². The van der Waals surface area contributed by atoms with Gasteiger partial charge in [-0.3, -0.25) is 4.79 Å². The summed E-state index contributed by atoms with van der Waals surface area (Å²) in [6.45, 7) is 5.86. The Bertz CT molecular complexity index is 871. The van der Waals surface area contributed by atoms with Crippen LogP contribution in [0.5, 0.6) is 0 Å². The van der Waals surface area contributed by atoms with Gasteiger partial charge in [-0.2, -0.15) is 5.26 Å². The maximum absolute atomic E-state index is 12.0. The van der Waals surface area contributed by atoms with E-state index in [4.69, 9.17) is 10.00 Å². The topological polar surface area (TPSA) is 79.2 Å². The minimum absolute atomic E-state index is 0.0247. The van der Waals surface area contributed by atoms with Crippen LogP contribution in [0, 0.1) is 11.3 Å². The van der Waals surface area contributed by atoms with Crippen LogP contribution >= 0.6 is 0 Å². The third-order valence-electron chi connectivity index (χ3n) is 3.82. The minimum atomic E-state index is -0.834. The summed E-state index contributed by atoms with van der Waals surface area (Å²) in [6, 6.07) is 18.2. The summed E-state index contributed by atoms with van der Waals surface area (Å²) in [5, 5.41) is 11.8. The Morgan fingerprint density at radius 1 is 1.07 bits per heavy atom. The van der Waals surface area contributed by atoms with E-state index in [1.54, 1.807) is 42.5 Å². The fourth-order valence-corrected chi connectivity index (χ4v) is 2.31. The second-order valence-corrected chi connectivity index (χ2v) is 7.03. The van der Waals surface area contributed by atoms with Crippen molar-refractivity contribution < 1.29 is 14.3 Å². The van der Waals surface area contributed by atoms with E-state index in [-0.39, 0.29) is 11.0 Å². The van der Waals surface area contributed by atoms with Gasteiger partial charge in [0.15, 0.2) is 6.61 Å². The normalized spacial score (nSPS) is 11.4. The third kappa shape index (κ3) is 6.12. The van der Waals surface area contributed by atoms with Crippen molar-refractivity contribution in [2.24, 2.45) is 0 Å². The zero-order valence-electron chi connectivity index (χ0n) is 15.7.